The van der Waals surface area contributed by atoms with Gasteiger partial charge in [0.25, 0.3) is 10.0 Å². The van der Waals surface area contributed by atoms with Crippen LogP contribution >= 0.6 is 0 Å². The maximum atomic E-state index is 14.3. The smallest absolute Gasteiger partial charge is 0.264 e. The molecule has 0 saturated heterocycles. The maximum absolute atomic E-state index is 14.3. The highest BCUT2D eigenvalue weighted by Crippen LogP contribution is 2.33. The van der Waals surface area contributed by atoms with E-state index >= 15 is 0 Å². The van der Waals surface area contributed by atoms with E-state index in [4.69, 9.17) is 14.2 Å². The highest BCUT2D eigenvalue weighted by molar-refractivity contribution is 7.92. The Morgan fingerprint density at radius 2 is 1.53 bits per heavy atom. The summed E-state index contributed by atoms with van der Waals surface area (Å²) in [6.45, 7) is 9.41. The minimum absolute atomic E-state index is 0.0878. The second kappa shape index (κ2) is 15.7. The van der Waals surface area contributed by atoms with E-state index < -0.39 is 34.1 Å². The lowest BCUT2D eigenvalue weighted by Crippen LogP contribution is -2.56. The van der Waals surface area contributed by atoms with Crippen LogP contribution in [0, 0.1) is 0 Å². The number of nitrogens with zero attached hydrogens (tertiary/aromatic N) is 2. The van der Waals surface area contributed by atoms with Gasteiger partial charge in [0, 0.05) is 18.2 Å². The van der Waals surface area contributed by atoms with Gasteiger partial charge in [-0.25, -0.2) is 8.42 Å². The van der Waals surface area contributed by atoms with Crippen LogP contribution in [0.25, 0.3) is 0 Å². The van der Waals surface area contributed by atoms with Crippen molar-refractivity contribution in [3.63, 3.8) is 0 Å². The molecule has 45 heavy (non-hydrogen) atoms. The number of ether oxygens (including phenoxy) is 3. The van der Waals surface area contributed by atoms with Crippen LogP contribution < -0.4 is 23.8 Å². The SMILES string of the molecule is CCOc1ccc(N(CC(=O)N(CCc2ccccc2)C(CC)C(=O)NC(C)(C)C)S(=O)(=O)c2ccc(OC)c(OC)c2)cc1. The fourth-order valence-corrected chi connectivity index (χ4v) is 6.29. The van der Waals surface area contributed by atoms with Gasteiger partial charge in [-0.3, -0.25) is 13.9 Å². The zero-order valence-electron chi connectivity index (χ0n) is 27.2. The predicted molar refractivity (Wildman–Crippen MR) is 176 cm³/mol. The van der Waals surface area contributed by atoms with Gasteiger partial charge in [-0.2, -0.15) is 0 Å². The normalized spacial score (nSPS) is 12.2. The topological polar surface area (TPSA) is 114 Å². The van der Waals surface area contributed by atoms with Gasteiger partial charge in [0.05, 0.1) is 31.4 Å². The Hall–Kier alpha value is -4.25. The second-order valence-corrected chi connectivity index (χ2v) is 13.3. The van der Waals surface area contributed by atoms with Gasteiger partial charge in [0.2, 0.25) is 11.8 Å². The number of methoxy groups -OCH3 is 2. The van der Waals surface area contributed by atoms with E-state index in [1.54, 1.807) is 24.3 Å². The number of rotatable bonds is 15. The molecule has 0 aliphatic carbocycles. The molecule has 0 fully saturated rings. The molecule has 3 aromatic rings. The predicted octanol–water partition coefficient (Wildman–Crippen LogP) is 5.06. The molecule has 244 valence electrons. The number of benzene rings is 3. The molecule has 0 aliphatic heterocycles. The fraction of sp³-hybridized carbons (Fsp3) is 0.412. The van der Waals surface area contributed by atoms with E-state index in [2.05, 4.69) is 5.32 Å². The monoisotopic (exact) mass is 639 g/mol. The molecule has 1 N–H and O–H groups in total. The van der Waals surface area contributed by atoms with Crippen molar-refractivity contribution in [1.82, 2.24) is 10.2 Å². The Balaban J connectivity index is 2.08. The van der Waals surface area contributed by atoms with Gasteiger partial charge >= 0.3 is 0 Å². The zero-order chi connectivity index (χ0) is 33.2. The van der Waals surface area contributed by atoms with Crippen molar-refractivity contribution >= 4 is 27.5 Å². The molecule has 3 aromatic carbocycles. The van der Waals surface area contributed by atoms with Gasteiger partial charge in [-0.15, -0.1) is 0 Å². The minimum atomic E-state index is -4.31. The lowest BCUT2D eigenvalue weighted by Gasteiger charge is -2.34. The third kappa shape index (κ3) is 9.37. The molecule has 1 atom stereocenters. The Morgan fingerprint density at radius 3 is 2.09 bits per heavy atom. The number of sulfonamides is 1. The van der Waals surface area contributed by atoms with Gasteiger partial charge in [0.1, 0.15) is 18.3 Å². The fourth-order valence-electron chi connectivity index (χ4n) is 4.86. The van der Waals surface area contributed by atoms with Crippen LogP contribution in [0.2, 0.25) is 0 Å². The number of carbonyl (C=O) groups excluding carboxylic acids is 2. The number of carbonyl (C=O) groups is 2. The number of nitrogens with one attached hydrogen (secondary N) is 1. The van der Waals surface area contributed by atoms with Crippen molar-refractivity contribution in [3.8, 4) is 17.2 Å². The summed E-state index contributed by atoms with van der Waals surface area (Å²) in [4.78, 5) is 29.1. The molecule has 0 bridgehead atoms. The van der Waals surface area contributed by atoms with Crippen molar-refractivity contribution in [2.75, 3.05) is 38.2 Å². The van der Waals surface area contributed by atoms with Crippen LogP contribution in [0.15, 0.2) is 77.7 Å². The standard InChI is InChI=1S/C34H45N3O7S/c1-8-29(33(39)35-34(3,4)5)36(22-21-25-13-11-10-12-14-25)32(38)24-37(26-15-17-27(18-16-26)44-9-2)45(40,41)28-19-20-30(42-6)31(23-28)43-7/h10-20,23,29H,8-9,21-22,24H2,1-7H3,(H,35,39). The number of hydrogen-bond acceptors (Lipinski definition) is 7. The molecule has 2 amide bonds. The Labute approximate surface area is 267 Å². The van der Waals surface area contributed by atoms with Crippen LogP contribution in [0.5, 0.6) is 17.2 Å². The Bertz CT molecular complexity index is 1520. The molecule has 0 aromatic heterocycles. The van der Waals surface area contributed by atoms with Crippen LogP contribution in [0.3, 0.4) is 0 Å². The lowest BCUT2D eigenvalue weighted by molar-refractivity contribution is -0.140. The number of anilines is 1. The first kappa shape index (κ1) is 35.2. The summed E-state index contributed by atoms with van der Waals surface area (Å²) in [5.74, 6) is 0.334. The molecule has 10 nitrogen and oxygen atoms in total. The van der Waals surface area contributed by atoms with Gasteiger partial charge in [-0.05, 0) is 82.5 Å². The molecule has 0 spiro atoms. The highest BCUT2D eigenvalue weighted by atomic mass is 32.2. The van der Waals surface area contributed by atoms with Crippen LogP contribution in [0.1, 0.15) is 46.6 Å². The summed E-state index contributed by atoms with van der Waals surface area (Å²) in [6.07, 6.45) is 0.825. The van der Waals surface area contributed by atoms with Crippen molar-refractivity contribution in [1.29, 1.82) is 0 Å². The summed E-state index contributed by atoms with van der Waals surface area (Å²) in [5, 5.41) is 2.98. The molecule has 0 heterocycles. The van der Waals surface area contributed by atoms with Crippen molar-refractivity contribution in [2.24, 2.45) is 0 Å². The molecular formula is C34H45N3O7S. The average molecular weight is 640 g/mol. The van der Waals surface area contributed by atoms with E-state index in [0.29, 0.717) is 30.9 Å². The van der Waals surface area contributed by atoms with E-state index in [1.807, 2.05) is 65.0 Å². The Morgan fingerprint density at radius 1 is 0.889 bits per heavy atom. The summed E-state index contributed by atoms with van der Waals surface area (Å²) in [7, 11) is -1.43. The zero-order valence-corrected chi connectivity index (χ0v) is 28.0. The van der Waals surface area contributed by atoms with E-state index in [1.165, 1.54) is 37.3 Å². The van der Waals surface area contributed by atoms with E-state index in [9.17, 15) is 18.0 Å². The molecule has 1 unspecified atom stereocenters. The van der Waals surface area contributed by atoms with E-state index in [-0.39, 0.29) is 28.8 Å². The summed E-state index contributed by atoms with van der Waals surface area (Å²) in [6, 6.07) is 19.6. The minimum Gasteiger partial charge on any atom is -0.494 e. The molecule has 3 rings (SSSR count). The summed E-state index contributed by atoms with van der Waals surface area (Å²) < 4.78 is 45.8. The maximum Gasteiger partial charge on any atom is 0.264 e. The van der Waals surface area contributed by atoms with Crippen LogP contribution in [0.4, 0.5) is 5.69 Å². The summed E-state index contributed by atoms with van der Waals surface area (Å²) >= 11 is 0. The van der Waals surface area contributed by atoms with E-state index in [0.717, 1.165) is 9.87 Å². The second-order valence-electron chi connectivity index (χ2n) is 11.4. The first-order chi connectivity index (χ1) is 21.3. The van der Waals surface area contributed by atoms with Crippen molar-refractivity contribution in [2.45, 2.75) is 63.9 Å². The molecule has 11 heteroatoms. The number of hydrogen-bond donors (Lipinski definition) is 1. The van der Waals surface area contributed by atoms with Gasteiger partial charge in [-0.1, -0.05) is 37.3 Å². The average Bonchev–Trinajstić information content (AvgIpc) is 3.01. The molecular weight excluding hydrogens is 594 g/mol. The molecule has 0 radical (unpaired) electrons. The molecule has 0 aliphatic rings. The third-order valence-electron chi connectivity index (χ3n) is 7.03. The lowest BCUT2D eigenvalue weighted by atomic mass is 10.1. The third-order valence-corrected chi connectivity index (χ3v) is 8.80. The Kier molecular flexibility index (Phi) is 12.3. The van der Waals surface area contributed by atoms with Crippen LogP contribution in [-0.2, 0) is 26.0 Å². The first-order valence-electron chi connectivity index (χ1n) is 15.0. The van der Waals surface area contributed by atoms with Crippen molar-refractivity contribution < 1.29 is 32.2 Å². The largest absolute Gasteiger partial charge is 0.494 e. The quantitative estimate of drug-likeness (QED) is 0.247. The van der Waals surface area contributed by atoms with Crippen LogP contribution in [-0.4, -0.2) is 70.6 Å². The van der Waals surface area contributed by atoms with Crippen molar-refractivity contribution in [3.05, 3.63) is 78.4 Å². The highest BCUT2D eigenvalue weighted by Gasteiger charge is 2.34. The molecule has 0 saturated carbocycles. The first-order valence-corrected chi connectivity index (χ1v) is 16.4. The summed E-state index contributed by atoms with van der Waals surface area (Å²) in [5.41, 5.74) is 0.725. The van der Waals surface area contributed by atoms with Gasteiger partial charge < -0.3 is 24.4 Å². The number of amides is 2. The van der Waals surface area contributed by atoms with Gasteiger partial charge in [0.15, 0.2) is 11.5 Å².